The number of amides is 1. The summed E-state index contributed by atoms with van der Waals surface area (Å²) in [4.78, 5) is 48.5. The van der Waals surface area contributed by atoms with E-state index in [9.17, 15) is 24.3 Å². The molecule has 0 unspecified atom stereocenters. The van der Waals surface area contributed by atoms with Crippen LogP contribution in [0.4, 0.5) is 0 Å². The van der Waals surface area contributed by atoms with Crippen molar-refractivity contribution in [2.24, 2.45) is 0 Å². The van der Waals surface area contributed by atoms with Crippen molar-refractivity contribution in [2.45, 2.75) is 50.0 Å². The molecule has 1 aliphatic heterocycles. The molecule has 10 heteroatoms. The summed E-state index contributed by atoms with van der Waals surface area (Å²) in [6, 6.07) is 26.2. The Morgan fingerprint density at radius 2 is 1.37 bits per heavy atom. The lowest BCUT2D eigenvalue weighted by atomic mass is 9.77. The molecule has 226 valence electrons. The van der Waals surface area contributed by atoms with Crippen molar-refractivity contribution in [3.8, 4) is 0 Å². The average Bonchev–Trinajstić information content (AvgIpc) is 3.50. The summed E-state index contributed by atoms with van der Waals surface area (Å²) in [6.45, 7) is 1.36. The fourth-order valence-electron chi connectivity index (χ4n) is 5.06. The Kier molecular flexibility index (Phi) is 11.0. The second-order valence-electron chi connectivity index (χ2n) is 10.2. The van der Waals surface area contributed by atoms with Crippen molar-refractivity contribution in [1.29, 1.82) is 0 Å². The number of benzene rings is 3. The van der Waals surface area contributed by atoms with Crippen LogP contribution >= 0.6 is 0 Å². The van der Waals surface area contributed by atoms with Crippen molar-refractivity contribution in [3.63, 3.8) is 0 Å². The fourth-order valence-corrected chi connectivity index (χ4v) is 5.06. The number of aliphatic hydroxyl groups is 1. The van der Waals surface area contributed by atoms with E-state index in [1.54, 1.807) is 0 Å². The highest BCUT2D eigenvalue weighted by atomic mass is 16.6. The van der Waals surface area contributed by atoms with Crippen LogP contribution in [0, 0.1) is 0 Å². The van der Waals surface area contributed by atoms with Gasteiger partial charge in [0.05, 0.1) is 24.9 Å². The van der Waals surface area contributed by atoms with Gasteiger partial charge < -0.3 is 30.0 Å². The number of hydrogen-bond acceptors (Lipinski definition) is 9. The first-order valence-corrected chi connectivity index (χ1v) is 14.2. The van der Waals surface area contributed by atoms with Crippen molar-refractivity contribution in [1.82, 2.24) is 10.6 Å². The van der Waals surface area contributed by atoms with E-state index >= 15 is 0 Å². The molecule has 1 fully saturated rings. The first-order valence-electron chi connectivity index (χ1n) is 14.2. The molecule has 3 atom stereocenters. The highest BCUT2D eigenvalue weighted by molar-refractivity contribution is 5.83. The molecule has 43 heavy (non-hydrogen) atoms. The standard InChI is InChI=1S/C33H36N2O8/c1-23(36)41-19-20-42-29(37)17-18-30(38)43-27-21-28(34-22-27)32(39)35-31(24-11-5-2-6-12-24)33(40,25-13-7-3-8-14-25)26-15-9-4-10-16-26/h2-16,27-28,31,34,40H,17-22H2,1H3,(H,35,39)/t27-,28+,31+/m1/s1. The maximum atomic E-state index is 13.6. The minimum Gasteiger partial charge on any atom is -0.462 e. The van der Waals surface area contributed by atoms with Crippen molar-refractivity contribution < 1.29 is 38.5 Å². The number of esters is 3. The van der Waals surface area contributed by atoms with Crippen molar-refractivity contribution in [2.75, 3.05) is 19.8 Å². The largest absolute Gasteiger partial charge is 0.462 e. The zero-order chi connectivity index (χ0) is 30.7. The van der Waals surface area contributed by atoms with E-state index in [0.717, 1.165) is 0 Å². The van der Waals surface area contributed by atoms with Crippen LogP contribution in [-0.2, 0) is 39.0 Å². The van der Waals surface area contributed by atoms with Gasteiger partial charge in [-0.15, -0.1) is 0 Å². The molecule has 3 aromatic carbocycles. The minimum atomic E-state index is -1.60. The van der Waals surface area contributed by atoms with Gasteiger partial charge in [0.2, 0.25) is 5.91 Å². The number of rotatable bonds is 13. The van der Waals surface area contributed by atoms with Gasteiger partial charge >= 0.3 is 17.9 Å². The predicted molar refractivity (Wildman–Crippen MR) is 156 cm³/mol. The number of carbonyl (C=O) groups excluding carboxylic acids is 4. The summed E-state index contributed by atoms with van der Waals surface area (Å²) < 4.78 is 15.1. The summed E-state index contributed by atoms with van der Waals surface area (Å²) in [5, 5.41) is 18.6. The summed E-state index contributed by atoms with van der Waals surface area (Å²) in [5.41, 5.74) is 0.348. The van der Waals surface area contributed by atoms with Gasteiger partial charge in [-0.05, 0) is 16.7 Å². The maximum Gasteiger partial charge on any atom is 0.306 e. The minimum absolute atomic E-state index is 0.0536. The van der Waals surface area contributed by atoms with Gasteiger partial charge in [0.15, 0.2) is 0 Å². The molecule has 0 radical (unpaired) electrons. The van der Waals surface area contributed by atoms with Crippen LogP contribution in [0.3, 0.4) is 0 Å². The predicted octanol–water partition coefficient (Wildman–Crippen LogP) is 2.94. The molecular formula is C33H36N2O8. The molecule has 3 aromatic rings. The first-order chi connectivity index (χ1) is 20.8. The monoisotopic (exact) mass is 588 g/mol. The van der Waals surface area contributed by atoms with Crippen LogP contribution in [-0.4, -0.2) is 60.8 Å². The Labute approximate surface area is 250 Å². The smallest absolute Gasteiger partial charge is 0.306 e. The number of carbonyl (C=O) groups is 4. The van der Waals surface area contributed by atoms with Crippen LogP contribution in [0.2, 0.25) is 0 Å². The van der Waals surface area contributed by atoms with Crippen LogP contribution in [0.5, 0.6) is 0 Å². The number of hydrogen-bond donors (Lipinski definition) is 3. The number of ether oxygens (including phenoxy) is 3. The maximum absolute atomic E-state index is 13.6. The highest BCUT2D eigenvalue weighted by Crippen LogP contribution is 2.41. The highest BCUT2D eigenvalue weighted by Gasteiger charge is 2.43. The van der Waals surface area contributed by atoms with E-state index in [1.165, 1.54) is 6.92 Å². The molecule has 1 aliphatic rings. The zero-order valence-electron chi connectivity index (χ0n) is 23.9. The lowest BCUT2D eigenvalue weighted by Crippen LogP contribution is -2.49. The molecule has 0 bridgehead atoms. The second kappa shape index (κ2) is 15.1. The Morgan fingerprint density at radius 3 is 1.95 bits per heavy atom. The summed E-state index contributed by atoms with van der Waals surface area (Å²) in [6.07, 6.45) is -0.710. The molecule has 0 spiro atoms. The van der Waals surface area contributed by atoms with E-state index in [4.69, 9.17) is 9.47 Å². The van der Waals surface area contributed by atoms with Gasteiger partial charge in [-0.1, -0.05) is 91.0 Å². The summed E-state index contributed by atoms with van der Waals surface area (Å²) >= 11 is 0. The Bertz CT molecular complexity index is 1330. The average molecular weight is 589 g/mol. The SMILES string of the molecule is CC(=O)OCCOC(=O)CCC(=O)O[C@H]1CN[C@H](C(=O)N[C@@H](c2ccccc2)C(O)(c2ccccc2)c2ccccc2)C1. The van der Waals surface area contributed by atoms with E-state index in [2.05, 4.69) is 15.4 Å². The molecule has 0 aromatic heterocycles. The Hall–Kier alpha value is -4.54. The molecule has 3 N–H and O–H groups in total. The lowest BCUT2D eigenvalue weighted by Gasteiger charge is -2.38. The third-order valence-electron chi connectivity index (χ3n) is 7.16. The first kappa shape index (κ1) is 31.4. The van der Waals surface area contributed by atoms with Crippen molar-refractivity contribution in [3.05, 3.63) is 108 Å². The lowest BCUT2D eigenvalue weighted by molar-refractivity contribution is -0.155. The molecule has 1 saturated heterocycles. The third-order valence-corrected chi connectivity index (χ3v) is 7.16. The van der Waals surface area contributed by atoms with E-state index in [-0.39, 0.29) is 44.9 Å². The third kappa shape index (κ3) is 8.50. The summed E-state index contributed by atoms with van der Waals surface area (Å²) in [7, 11) is 0. The van der Waals surface area contributed by atoms with Crippen LogP contribution < -0.4 is 10.6 Å². The van der Waals surface area contributed by atoms with E-state index in [1.807, 2.05) is 91.0 Å². The molecule has 1 heterocycles. The van der Waals surface area contributed by atoms with E-state index in [0.29, 0.717) is 16.7 Å². The van der Waals surface area contributed by atoms with Crippen LogP contribution in [0.25, 0.3) is 0 Å². The van der Waals surface area contributed by atoms with Gasteiger partial charge in [-0.2, -0.15) is 0 Å². The second-order valence-corrected chi connectivity index (χ2v) is 10.2. The van der Waals surface area contributed by atoms with Gasteiger partial charge in [-0.3, -0.25) is 19.2 Å². The molecular weight excluding hydrogens is 552 g/mol. The van der Waals surface area contributed by atoms with Gasteiger partial charge in [0, 0.05) is 19.9 Å². The Morgan fingerprint density at radius 1 is 0.837 bits per heavy atom. The normalized spacial score (nSPS) is 17.0. The van der Waals surface area contributed by atoms with Gasteiger partial charge in [-0.25, -0.2) is 0 Å². The molecule has 4 rings (SSSR count). The quantitative estimate of drug-likeness (QED) is 0.156. The topological polar surface area (TPSA) is 140 Å². The molecule has 0 aliphatic carbocycles. The summed E-state index contributed by atoms with van der Waals surface area (Å²) in [5.74, 6) is -2.03. The van der Waals surface area contributed by atoms with Crippen LogP contribution in [0.15, 0.2) is 91.0 Å². The van der Waals surface area contributed by atoms with Crippen molar-refractivity contribution >= 4 is 23.8 Å². The zero-order valence-corrected chi connectivity index (χ0v) is 23.9. The van der Waals surface area contributed by atoms with Gasteiger partial charge in [0.25, 0.3) is 0 Å². The van der Waals surface area contributed by atoms with Crippen LogP contribution in [0.1, 0.15) is 48.9 Å². The molecule has 0 saturated carbocycles. The van der Waals surface area contributed by atoms with Gasteiger partial charge in [0.1, 0.15) is 24.9 Å². The number of nitrogens with one attached hydrogen (secondary N) is 2. The molecule has 1 amide bonds. The Balaban J connectivity index is 1.41. The van der Waals surface area contributed by atoms with E-state index < -0.39 is 41.7 Å². The molecule has 10 nitrogen and oxygen atoms in total. The fraction of sp³-hybridized carbons (Fsp3) is 0.333.